The molecule has 1 aromatic heterocycles. The molecular formula is C27H26N4O4. The maximum Gasteiger partial charge on any atom is 0.341 e. The molecule has 8 heteroatoms. The number of esters is 1. The standard InChI is InChI=1S/C27H26N4O4/c1-18-24(26(33)31(30(18)3)21-14-8-5-9-15-21)29-25(32)19(2)35-27(34)22-16-10-11-17-23(22)28-20-12-6-4-7-13-20/h4-17,19,28H,1-3H3,(H,29,32). The summed E-state index contributed by atoms with van der Waals surface area (Å²) in [6.45, 7) is 3.20. The second-order valence-electron chi connectivity index (χ2n) is 8.01. The number of amides is 1. The second kappa shape index (κ2) is 10.1. The van der Waals surface area contributed by atoms with Crippen LogP contribution in [0.5, 0.6) is 0 Å². The summed E-state index contributed by atoms with van der Waals surface area (Å²) in [6, 6.07) is 25.4. The number of ether oxygens (including phenoxy) is 1. The Labute approximate surface area is 202 Å². The molecule has 8 nitrogen and oxygen atoms in total. The van der Waals surface area contributed by atoms with Gasteiger partial charge in [0.2, 0.25) is 0 Å². The largest absolute Gasteiger partial charge is 0.449 e. The fraction of sp³-hybridized carbons (Fsp3) is 0.148. The molecule has 178 valence electrons. The highest BCUT2D eigenvalue weighted by Gasteiger charge is 2.24. The van der Waals surface area contributed by atoms with Crippen LogP contribution in [0.15, 0.2) is 89.7 Å². The summed E-state index contributed by atoms with van der Waals surface area (Å²) in [6.07, 6.45) is -1.13. The highest BCUT2D eigenvalue weighted by atomic mass is 16.5. The van der Waals surface area contributed by atoms with Crippen molar-refractivity contribution in [2.24, 2.45) is 7.05 Å². The number of carbonyl (C=O) groups is 2. The molecule has 1 heterocycles. The molecule has 0 spiro atoms. The third-order valence-electron chi connectivity index (χ3n) is 5.66. The minimum absolute atomic E-state index is 0.135. The van der Waals surface area contributed by atoms with Crippen molar-refractivity contribution in [3.05, 3.63) is 107 Å². The second-order valence-corrected chi connectivity index (χ2v) is 8.01. The zero-order valence-electron chi connectivity index (χ0n) is 19.7. The van der Waals surface area contributed by atoms with Crippen molar-refractivity contribution in [1.29, 1.82) is 0 Å². The Morgan fingerprint density at radius 3 is 2.17 bits per heavy atom. The van der Waals surface area contributed by atoms with E-state index >= 15 is 0 Å². The molecule has 0 aliphatic rings. The molecule has 0 aliphatic carbocycles. The van der Waals surface area contributed by atoms with E-state index in [2.05, 4.69) is 10.6 Å². The van der Waals surface area contributed by atoms with Crippen molar-refractivity contribution >= 4 is 28.9 Å². The Morgan fingerprint density at radius 2 is 1.49 bits per heavy atom. The number of nitrogens with one attached hydrogen (secondary N) is 2. The zero-order chi connectivity index (χ0) is 24.9. The van der Waals surface area contributed by atoms with E-state index in [4.69, 9.17) is 4.74 Å². The van der Waals surface area contributed by atoms with E-state index in [0.717, 1.165) is 5.69 Å². The third kappa shape index (κ3) is 5.01. The van der Waals surface area contributed by atoms with Gasteiger partial charge in [-0.3, -0.25) is 14.3 Å². The van der Waals surface area contributed by atoms with Crippen LogP contribution >= 0.6 is 0 Å². The lowest BCUT2D eigenvalue weighted by molar-refractivity contribution is -0.123. The number of hydrogen-bond acceptors (Lipinski definition) is 5. The smallest absolute Gasteiger partial charge is 0.341 e. The molecule has 1 amide bonds. The molecule has 2 N–H and O–H groups in total. The zero-order valence-corrected chi connectivity index (χ0v) is 19.7. The van der Waals surface area contributed by atoms with Gasteiger partial charge in [0.25, 0.3) is 11.5 Å². The Morgan fingerprint density at radius 1 is 0.886 bits per heavy atom. The van der Waals surface area contributed by atoms with Gasteiger partial charge in [0.1, 0.15) is 5.69 Å². The first-order chi connectivity index (χ1) is 16.9. The highest BCUT2D eigenvalue weighted by Crippen LogP contribution is 2.22. The van der Waals surface area contributed by atoms with Gasteiger partial charge in [-0.2, -0.15) is 0 Å². The summed E-state index contributed by atoms with van der Waals surface area (Å²) in [4.78, 5) is 38.8. The fourth-order valence-electron chi connectivity index (χ4n) is 3.66. The monoisotopic (exact) mass is 470 g/mol. The predicted octanol–water partition coefficient (Wildman–Crippen LogP) is 4.41. The minimum atomic E-state index is -1.13. The highest BCUT2D eigenvalue weighted by molar-refractivity contribution is 6.00. The van der Waals surface area contributed by atoms with Gasteiger partial charge >= 0.3 is 5.97 Å². The maximum atomic E-state index is 13.0. The van der Waals surface area contributed by atoms with Crippen LogP contribution in [-0.4, -0.2) is 27.3 Å². The third-order valence-corrected chi connectivity index (χ3v) is 5.66. The van der Waals surface area contributed by atoms with E-state index in [1.807, 2.05) is 48.5 Å². The van der Waals surface area contributed by atoms with Crippen molar-refractivity contribution in [2.75, 3.05) is 10.6 Å². The number of aromatic nitrogens is 2. The normalized spacial score (nSPS) is 11.5. The van der Waals surface area contributed by atoms with Gasteiger partial charge in [-0.15, -0.1) is 0 Å². The van der Waals surface area contributed by atoms with Gasteiger partial charge in [-0.1, -0.05) is 48.5 Å². The van der Waals surface area contributed by atoms with Crippen LogP contribution < -0.4 is 16.2 Å². The summed E-state index contributed by atoms with van der Waals surface area (Å²) < 4.78 is 8.57. The lowest BCUT2D eigenvalue weighted by Gasteiger charge is -2.15. The predicted molar refractivity (Wildman–Crippen MR) is 135 cm³/mol. The number of rotatable bonds is 7. The molecule has 0 saturated carbocycles. The van der Waals surface area contributed by atoms with Crippen LogP contribution in [0.3, 0.4) is 0 Å². The fourth-order valence-corrected chi connectivity index (χ4v) is 3.66. The molecule has 0 saturated heterocycles. The van der Waals surface area contributed by atoms with Crippen molar-refractivity contribution < 1.29 is 14.3 Å². The van der Waals surface area contributed by atoms with Crippen LogP contribution in [-0.2, 0) is 16.6 Å². The molecule has 4 aromatic rings. The number of para-hydroxylation sites is 3. The maximum absolute atomic E-state index is 13.0. The summed E-state index contributed by atoms with van der Waals surface area (Å²) in [7, 11) is 1.74. The van der Waals surface area contributed by atoms with E-state index < -0.39 is 18.0 Å². The van der Waals surface area contributed by atoms with E-state index in [1.165, 1.54) is 11.6 Å². The molecule has 0 bridgehead atoms. The van der Waals surface area contributed by atoms with Crippen molar-refractivity contribution in [1.82, 2.24) is 9.36 Å². The van der Waals surface area contributed by atoms with Gasteiger partial charge in [-0.25, -0.2) is 9.48 Å². The van der Waals surface area contributed by atoms with Crippen LogP contribution in [0.4, 0.5) is 17.1 Å². The van der Waals surface area contributed by atoms with Crippen LogP contribution in [0.1, 0.15) is 23.0 Å². The van der Waals surface area contributed by atoms with Gasteiger partial charge < -0.3 is 15.4 Å². The topological polar surface area (TPSA) is 94.4 Å². The van der Waals surface area contributed by atoms with Crippen LogP contribution in [0, 0.1) is 6.92 Å². The van der Waals surface area contributed by atoms with E-state index in [-0.39, 0.29) is 11.2 Å². The van der Waals surface area contributed by atoms with Crippen molar-refractivity contribution in [3.63, 3.8) is 0 Å². The summed E-state index contributed by atoms with van der Waals surface area (Å²) in [5, 5.41) is 5.82. The molecule has 1 unspecified atom stereocenters. The lowest BCUT2D eigenvalue weighted by atomic mass is 10.1. The first kappa shape index (κ1) is 23.6. The molecule has 0 aliphatic heterocycles. The summed E-state index contributed by atoms with van der Waals surface area (Å²) in [5.74, 6) is -1.25. The van der Waals surface area contributed by atoms with E-state index in [9.17, 15) is 14.4 Å². The van der Waals surface area contributed by atoms with Gasteiger partial charge in [0.15, 0.2) is 6.10 Å². The average molecular weight is 471 g/mol. The number of nitrogens with zero attached hydrogens (tertiary/aromatic N) is 2. The summed E-state index contributed by atoms with van der Waals surface area (Å²) >= 11 is 0. The van der Waals surface area contributed by atoms with Crippen molar-refractivity contribution in [2.45, 2.75) is 20.0 Å². The minimum Gasteiger partial charge on any atom is -0.449 e. The number of carbonyl (C=O) groups excluding carboxylic acids is 2. The van der Waals surface area contributed by atoms with Crippen LogP contribution in [0.25, 0.3) is 5.69 Å². The molecule has 4 rings (SSSR count). The summed E-state index contributed by atoms with van der Waals surface area (Å²) in [5.41, 5.74) is 2.66. The number of benzene rings is 3. The molecule has 0 fully saturated rings. The van der Waals surface area contributed by atoms with Gasteiger partial charge in [0.05, 0.1) is 22.6 Å². The quantitative estimate of drug-likeness (QED) is 0.390. The first-order valence-corrected chi connectivity index (χ1v) is 11.1. The first-order valence-electron chi connectivity index (χ1n) is 11.1. The SMILES string of the molecule is Cc1c(NC(=O)C(C)OC(=O)c2ccccc2Nc2ccccc2)c(=O)n(-c2ccccc2)n1C. The lowest BCUT2D eigenvalue weighted by Crippen LogP contribution is -2.32. The number of anilines is 3. The molecule has 3 aromatic carbocycles. The van der Waals surface area contributed by atoms with Gasteiger partial charge in [-0.05, 0) is 50.2 Å². The Balaban J connectivity index is 1.50. The van der Waals surface area contributed by atoms with Crippen molar-refractivity contribution in [3.8, 4) is 5.69 Å². The molecule has 0 radical (unpaired) electrons. The average Bonchev–Trinajstić information content (AvgIpc) is 3.08. The molecule has 35 heavy (non-hydrogen) atoms. The van der Waals surface area contributed by atoms with E-state index in [0.29, 0.717) is 22.6 Å². The number of hydrogen-bond donors (Lipinski definition) is 2. The van der Waals surface area contributed by atoms with E-state index in [1.54, 1.807) is 55.1 Å². The Bertz CT molecular complexity index is 1410. The molecular weight excluding hydrogens is 444 g/mol. The molecule has 1 atom stereocenters. The van der Waals surface area contributed by atoms with Gasteiger partial charge in [0, 0.05) is 12.7 Å². The van der Waals surface area contributed by atoms with Crippen LogP contribution in [0.2, 0.25) is 0 Å². The Hall–Kier alpha value is -4.59. The Kier molecular flexibility index (Phi) is 6.82.